The van der Waals surface area contributed by atoms with E-state index in [-0.39, 0.29) is 6.04 Å². The van der Waals surface area contributed by atoms with Gasteiger partial charge in [-0.05, 0) is 25.2 Å². The average molecular weight is 296 g/mol. The zero-order valence-corrected chi connectivity index (χ0v) is 13.7. The Bertz CT molecular complexity index is 339. The smallest absolute Gasteiger partial charge is 0.156 e. The molecule has 0 amide bonds. The van der Waals surface area contributed by atoms with Gasteiger partial charge in [0.25, 0.3) is 0 Å². The zero-order valence-electron chi connectivity index (χ0n) is 13.7. The highest BCUT2D eigenvalue weighted by Crippen LogP contribution is 2.28. The first-order chi connectivity index (χ1) is 10.2. The Morgan fingerprint density at radius 3 is 2.57 bits per heavy atom. The number of nitrogens with two attached hydrogens (primary N) is 1. The van der Waals surface area contributed by atoms with Gasteiger partial charge in [-0.3, -0.25) is 9.80 Å². The predicted octanol–water partition coefficient (Wildman–Crippen LogP) is 2.10. The van der Waals surface area contributed by atoms with E-state index in [0.29, 0.717) is 5.84 Å². The maximum absolute atomic E-state index is 8.97. The molecule has 0 aromatic heterocycles. The Kier molecular flexibility index (Phi) is 6.30. The molecule has 3 atom stereocenters. The minimum atomic E-state index is 0.104. The summed E-state index contributed by atoms with van der Waals surface area (Å²) in [6, 6.07) is 0.886. The van der Waals surface area contributed by atoms with Crippen LogP contribution in [0.4, 0.5) is 0 Å². The van der Waals surface area contributed by atoms with Crippen molar-refractivity contribution in [1.82, 2.24) is 9.80 Å². The van der Waals surface area contributed by atoms with Gasteiger partial charge in [0.1, 0.15) is 0 Å². The summed E-state index contributed by atoms with van der Waals surface area (Å²) < 4.78 is 0. The molecular weight excluding hydrogens is 264 g/mol. The molecule has 1 saturated heterocycles. The van der Waals surface area contributed by atoms with Crippen LogP contribution in [0.2, 0.25) is 0 Å². The molecular formula is C16H32N4O. The van der Waals surface area contributed by atoms with E-state index in [4.69, 9.17) is 10.9 Å². The normalized spacial score (nSPS) is 31.2. The van der Waals surface area contributed by atoms with Gasteiger partial charge in [-0.25, -0.2) is 0 Å². The van der Waals surface area contributed by atoms with Crippen molar-refractivity contribution in [2.45, 2.75) is 64.5 Å². The van der Waals surface area contributed by atoms with Crippen molar-refractivity contribution in [3.8, 4) is 0 Å². The Morgan fingerprint density at radius 2 is 2.00 bits per heavy atom. The number of amidine groups is 1. The van der Waals surface area contributed by atoms with Crippen molar-refractivity contribution in [3.05, 3.63) is 0 Å². The van der Waals surface area contributed by atoms with E-state index < -0.39 is 0 Å². The van der Waals surface area contributed by atoms with Gasteiger partial charge in [0, 0.05) is 32.2 Å². The minimum Gasteiger partial charge on any atom is -0.409 e. The van der Waals surface area contributed by atoms with Crippen molar-refractivity contribution < 1.29 is 5.21 Å². The summed E-state index contributed by atoms with van der Waals surface area (Å²) in [5, 5.41) is 12.2. The van der Waals surface area contributed by atoms with Crippen LogP contribution in [-0.4, -0.2) is 59.1 Å². The van der Waals surface area contributed by atoms with Crippen LogP contribution in [0.1, 0.15) is 52.4 Å². The summed E-state index contributed by atoms with van der Waals surface area (Å²) in [6.07, 6.45) is 7.53. The van der Waals surface area contributed by atoms with E-state index in [1.54, 1.807) is 0 Å². The second-order valence-corrected chi connectivity index (χ2v) is 6.83. The maximum Gasteiger partial charge on any atom is 0.156 e. The maximum atomic E-state index is 8.97. The third-order valence-corrected chi connectivity index (χ3v) is 5.23. The summed E-state index contributed by atoms with van der Waals surface area (Å²) in [7, 11) is 0. The molecule has 122 valence electrons. The summed E-state index contributed by atoms with van der Waals surface area (Å²) in [5.41, 5.74) is 5.87. The lowest BCUT2D eigenvalue weighted by molar-refractivity contribution is 0.0588. The van der Waals surface area contributed by atoms with E-state index in [9.17, 15) is 0 Å². The second-order valence-electron chi connectivity index (χ2n) is 6.83. The lowest BCUT2D eigenvalue weighted by Gasteiger charge is -2.43. The fourth-order valence-corrected chi connectivity index (χ4v) is 4.01. The number of oxime groups is 1. The molecule has 2 rings (SSSR count). The molecule has 5 heteroatoms. The van der Waals surface area contributed by atoms with Gasteiger partial charge in [-0.2, -0.15) is 0 Å². The van der Waals surface area contributed by atoms with E-state index in [1.807, 2.05) is 0 Å². The molecule has 0 aromatic carbocycles. The van der Waals surface area contributed by atoms with Crippen molar-refractivity contribution in [2.75, 3.05) is 26.2 Å². The van der Waals surface area contributed by atoms with Crippen LogP contribution >= 0.6 is 0 Å². The molecule has 0 bridgehead atoms. The van der Waals surface area contributed by atoms with Gasteiger partial charge in [0.15, 0.2) is 5.84 Å². The van der Waals surface area contributed by atoms with Crippen molar-refractivity contribution in [1.29, 1.82) is 0 Å². The molecule has 1 saturated carbocycles. The fourth-order valence-electron chi connectivity index (χ4n) is 4.01. The van der Waals surface area contributed by atoms with Crippen molar-refractivity contribution in [3.63, 3.8) is 0 Å². The van der Waals surface area contributed by atoms with Crippen molar-refractivity contribution in [2.24, 2.45) is 16.8 Å². The highest BCUT2D eigenvalue weighted by atomic mass is 16.4. The summed E-state index contributed by atoms with van der Waals surface area (Å²) >= 11 is 0. The molecule has 1 aliphatic carbocycles. The molecule has 21 heavy (non-hydrogen) atoms. The van der Waals surface area contributed by atoms with Crippen LogP contribution < -0.4 is 5.73 Å². The second kappa shape index (κ2) is 7.99. The molecule has 2 fully saturated rings. The largest absolute Gasteiger partial charge is 0.409 e. The number of rotatable bonds is 5. The fraction of sp³-hybridized carbons (Fsp3) is 0.938. The van der Waals surface area contributed by atoms with E-state index in [0.717, 1.165) is 51.0 Å². The van der Waals surface area contributed by atoms with Crippen LogP contribution in [0, 0.1) is 5.92 Å². The Labute approximate surface area is 129 Å². The summed E-state index contributed by atoms with van der Waals surface area (Å²) in [4.78, 5) is 5.06. The molecule has 1 aliphatic heterocycles. The van der Waals surface area contributed by atoms with Gasteiger partial charge in [0.2, 0.25) is 0 Å². The van der Waals surface area contributed by atoms with E-state index in [2.05, 4.69) is 28.8 Å². The average Bonchev–Trinajstić information content (AvgIpc) is 2.52. The van der Waals surface area contributed by atoms with Gasteiger partial charge in [-0.15, -0.1) is 0 Å². The van der Waals surface area contributed by atoms with Crippen LogP contribution in [-0.2, 0) is 0 Å². The number of nitrogens with zero attached hydrogens (tertiary/aromatic N) is 3. The van der Waals surface area contributed by atoms with Crippen LogP contribution in [0.5, 0.6) is 0 Å². The molecule has 0 aromatic rings. The molecule has 0 spiro atoms. The lowest BCUT2D eigenvalue weighted by Crippen LogP contribution is -2.56. The van der Waals surface area contributed by atoms with Gasteiger partial charge in [-0.1, -0.05) is 38.3 Å². The van der Waals surface area contributed by atoms with Crippen LogP contribution in [0.15, 0.2) is 5.16 Å². The van der Waals surface area contributed by atoms with Crippen molar-refractivity contribution >= 4 is 5.84 Å². The minimum absolute atomic E-state index is 0.104. The first kappa shape index (κ1) is 16.6. The molecule has 5 nitrogen and oxygen atoms in total. The Balaban J connectivity index is 1.86. The van der Waals surface area contributed by atoms with E-state index >= 15 is 0 Å². The zero-order chi connectivity index (χ0) is 15.2. The molecule has 0 radical (unpaired) electrons. The molecule has 3 N–H and O–H groups in total. The van der Waals surface area contributed by atoms with E-state index in [1.165, 1.54) is 25.7 Å². The van der Waals surface area contributed by atoms with Crippen LogP contribution in [0.3, 0.4) is 0 Å². The number of piperazine rings is 1. The summed E-state index contributed by atoms with van der Waals surface area (Å²) in [5.74, 6) is 1.25. The standard InChI is InChI=1S/C16H32N4O/c1-3-5-15(16(17)18-21)20-10-8-19(9-11-20)14-7-4-6-13(2)12-14/h13-15,21H,3-12H2,1-2H3,(H2,17,18). The van der Waals surface area contributed by atoms with Gasteiger partial charge < -0.3 is 10.9 Å². The molecule has 3 unspecified atom stereocenters. The van der Waals surface area contributed by atoms with Gasteiger partial charge in [0.05, 0.1) is 6.04 Å². The SMILES string of the molecule is CCCC(C(N)=NO)N1CCN(C2CCCC(C)C2)CC1. The topological polar surface area (TPSA) is 65.1 Å². The molecule has 1 heterocycles. The lowest BCUT2D eigenvalue weighted by atomic mass is 9.86. The highest BCUT2D eigenvalue weighted by Gasteiger charge is 2.30. The third kappa shape index (κ3) is 4.33. The van der Waals surface area contributed by atoms with Crippen LogP contribution in [0.25, 0.3) is 0 Å². The third-order valence-electron chi connectivity index (χ3n) is 5.23. The Morgan fingerprint density at radius 1 is 1.29 bits per heavy atom. The van der Waals surface area contributed by atoms with Gasteiger partial charge >= 0.3 is 0 Å². The number of hydrogen-bond acceptors (Lipinski definition) is 4. The highest BCUT2D eigenvalue weighted by molar-refractivity contribution is 5.85. The Hall–Kier alpha value is -0.810. The first-order valence-electron chi connectivity index (χ1n) is 8.61. The first-order valence-corrected chi connectivity index (χ1v) is 8.61. The predicted molar refractivity (Wildman–Crippen MR) is 86.7 cm³/mol. The monoisotopic (exact) mass is 296 g/mol. The number of hydrogen-bond donors (Lipinski definition) is 2. The summed E-state index contributed by atoms with van der Waals surface area (Å²) in [6.45, 7) is 8.85. The quantitative estimate of drug-likeness (QED) is 0.353. The molecule has 2 aliphatic rings.